The largest absolute Gasteiger partial charge is 0.465 e. The Kier molecular flexibility index (Phi) is 4.88. The first-order chi connectivity index (χ1) is 8.47. The van der Waals surface area contributed by atoms with Crippen LogP contribution in [0.2, 0.25) is 0 Å². The average molecular weight is 256 g/mol. The minimum Gasteiger partial charge on any atom is -0.465 e. The fourth-order valence-corrected chi connectivity index (χ4v) is 1.35. The molecule has 1 heterocycles. The van der Waals surface area contributed by atoms with Crippen molar-refractivity contribution < 1.29 is 28.6 Å². The molecule has 2 atom stereocenters. The van der Waals surface area contributed by atoms with Gasteiger partial charge in [0.25, 0.3) is 0 Å². The summed E-state index contributed by atoms with van der Waals surface area (Å²) in [5, 5.41) is 0. The van der Waals surface area contributed by atoms with Crippen LogP contribution in [0.5, 0.6) is 0 Å². The maximum atomic E-state index is 11.6. The number of hydrogen-bond acceptors (Lipinski definition) is 6. The molecule has 1 rings (SSSR count). The van der Waals surface area contributed by atoms with Gasteiger partial charge >= 0.3 is 17.9 Å². The van der Waals surface area contributed by atoms with Crippen LogP contribution in [0.1, 0.15) is 20.3 Å². The quantitative estimate of drug-likeness (QED) is 0.407. The highest BCUT2D eigenvalue weighted by atomic mass is 16.6. The molecule has 1 saturated heterocycles. The molecule has 100 valence electrons. The highest BCUT2D eigenvalue weighted by Crippen LogP contribution is 2.21. The molecular formula is C12H16O6. The summed E-state index contributed by atoms with van der Waals surface area (Å²) >= 11 is 0. The summed E-state index contributed by atoms with van der Waals surface area (Å²) in [6.07, 6.45) is -0.567. The summed E-state index contributed by atoms with van der Waals surface area (Å²) < 4.78 is 14.5. The fourth-order valence-electron chi connectivity index (χ4n) is 1.35. The zero-order valence-corrected chi connectivity index (χ0v) is 10.4. The Morgan fingerprint density at radius 1 is 1.50 bits per heavy atom. The van der Waals surface area contributed by atoms with Gasteiger partial charge in [0, 0.05) is 5.57 Å². The Morgan fingerprint density at radius 3 is 2.72 bits per heavy atom. The summed E-state index contributed by atoms with van der Waals surface area (Å²) in [6, 6.07) is 0. The van der Waals surface area contributed by atoms with Gasteiger partial charge in [-0.15, -0.1) is 0 Å². The summed E-state index contributed by atoms with van der Waals surface area (Å²) in [5.74, 6) is -2.95. The Hall–Kier alpha value is -1.85. The first-order valence-corrected chi connectivity index (χ1v) is 5.67. The van der Waals surface area contributed by atoms with E-state index in [0.29, 0.717) is 6.42 Å². The lowest BCUT2D eigenvalue weighted by molar-refractivity contribution is -0.163. The smallest absolute Gasteiger partial charge is 0.348 e. The van der Waals surface area contributed by atoms with Gasteiger partial charge in [0.15, 0.2) is 0 Å². The molecule has 0 radical (unpaired) electrons. The van der Waals surface area contributed by atoms with E-state index in [4.69, 9.17) is 14.2 Å². The first kappa shape index (κ1) is 14.2. The van der Waals surface area contributed by atoms with E-state index in [9.17, 15) is 14.4 Å². The minimum atomic E-state index is -1.24. The Morgan fingerprint density at radius 2 is 2.17 bits per heavy atom. The van der Waals surface area contributed by atoms with Crippen molar-refractivity contribution in [3.63, 3.8) is 0 Å². The second kappa shape index (κ2) is 6.18. The van der Waals surface area contributed by atoms with E-state index < -0.39 is 29.9 Å². The number of esters is 3. The monoisotopic (exact) mass is 256 g/mol. The Balaban J connectivity index is 2.67. The van der Waals surface area contributed by atoms with Crippen molar-refractivity contribution >= 4 is 17.9 Å². The molecular weight excluding hydrogens is 240 g/mol. The number of carbonyl (C=O) groups excluding carboxylic acids is 3. The van der Waals surface area contributed by atoms with Gasteiger partial charge in [-0.05, 0) is 13.3 Å². The molecule has 0 amide bonds. The molecule has 0 bridgehead atoms. The molecule has 0 aromatic rings. The maximum Gasteiger partial charge on any atom is 0.348 e. The Bertz CT molecular complexity index is 373. The molecule has 0 N–H and O–H groups in total. The SMILES string of the molecule is C=C(C)C(=O)OC1C(=O)OCC1C(=O)OCCC. The van der Waals surface area contributed by atoms with Crippen LogP contribution in [0.4, 0.5) is 0 Å². The highest BCUT2D eigenvalue weighted by Gasteiger charge is 2.45. The third-order valence-electron chi connectivity index (χ3n) is 2.34. The lowest BCUT2D eigenvalue weighted by atomic mass is 10.1. The van der Waals surface area contributed by atoms with Crippen LogP contribution in [0.15, 0.2) is 12.2 Å². The van der Waals surface area contributed by atoms with Gasteiger partial charge in [-0.25, -0.2) is 9.59 Å². The second-order valence-electron chi connectivity index (χ2n) is 4.01. The van der Waals surface area contributed by atoms with Gasteiger partial charge in [0.2, 0.25) is 6.10 Å². The lowest BCUT2D eigenvalue weighted by Gasteiger charge is -2.14. The van der Waals surface area contributed by atoms with E-state index >= 15 is 0 Å². The average Bonchev–Trinajstić information content (AvgIpc) is 2.68. The van der Waals surface area contributed by atoms with Gasteiger partial charge in [0.05, 0.1) is 6.61 Å². The molecule has 6 heteroatoms. The highest BCUT2D eigenvalue weighted by molar-refractivity contribution is 5.92. The predicted molar refractivity (Wildman–Crippen MR) is 60.4 cm³/mol. The van der Waals surface area contributed by atoms with Crippen LogP contribution in [-0.4, -0.2) is 37.2 Å². The molecule has 2 unspecified atom stereocenters. The van der Waals surface area contributed by atoms with E-state index in [-0.39, 0.29) is 18.8 Å². The number of hydrogen-bond donors (Lipinski definition) is 0. The van der Waals surface area contributed by atoms with Crippen LogP contribution in [0.25, 0.3) is 0 Å². The molecule has 0 aromatic heterocycles. The van der Waals surface area contributed by atoms with Crippen molar-refractivity contribution in [3.05, 3.63) is 12.2 Å². The first-order valence-electron chi connectivity index (χ1n) is 5.67. The van der Waals surface area contributed by atoms with Gasteiger partial charge in [0.1, 0.15) is 12.5 Å². The van der Waals surface area contributed by atoms with Crippen LogP contribution in [0.3, 0.4) is 0 Å². The summed E-state index contributed by atoms with van der Waals surface area (Å²) in [5.41, 5.74) is 0.148. The zero-order chi connectivity index (χ0) is 13.7. The van der Waals surface area contributed by atoms with Gasteiger partial charge in [-0.1, -0.05) is 13.5 Å². The summed E-state index contributed by atoms with van der Waals surface area (Å²) in [7, 11) is 0. The molecule has 18 heavy (non-hydrogen) atoms. The van der Waals surface area contributed by atoms with E-state index in [1.165, 1.54) is 6.92 Å². The van der Waals surface area contributed by atoms with E-state index in [0.717, 1.165) is 0 Å². The Labute approximate surface area is 105 Å². The van der Waals surface area contributed by atoms with Gasteiger partial charge < -0.3 is 14.2 Å². The maximum absolute atomic E-state index is 11.6. The molecule has 1 fully saturated rings. The van der Waals surface area contributed by atoms with Gasteiger partial charge in [-0.2, -0.15) is 0 Å². The second-order valence-corrected chi connectivity index (χ2v) is 4.01. The van der Waals surface area contributed by atoms with Crippen molar-refractivity contribution in [2.45, 2.75) is 26.4 Å². The topological polar surface area (TPSA) is 78.9 Å². The molecule has 0 spiro atoms. The van der Waals surface area contributed by atoms with Crippen LogP contribution >= 0.6 is 0 Å². The van der Waals surface area contributed by atoms with Crippen LogP contribution < -0.4 is 0 Å². The summed E-state index contributed by atoms with van der Waals surface area (Å²) in [4.78, 5) is 34.4. The van der Waals surface area contributed by atoms with Crippen molar-refractivity contribution in [1.29, 1.82) is 0 Å². The summed E-state index contributed by atoms with van der Waals surface area (Å²) in [6.45, 7) is 6.82. The molecule has 1 aliphatic rings. The molecule has 6 nitrogen and oxygen atoms in total. The third kappa shape index (κ3) is 3.32. The van der Waals surface area contributed by atoms with E-state index in [1.807, 2.05) is 6.92 Å². The standard InChI is InChI=1S/C12H16O6/c1-4-5-16-11(14)8-6-17-12(15)9(8)18-10(13)7(2)3/h8-9H,2,4-6H2,1,3H3. The fraction of sp³-hybridized carbons (Fsp3) is 0.583. The van der Waals surface area contributed by atoms with Crippen molar-refractivity contribution in [1.82, 2.24) is 0 Å². The van der Waals surface area contributed by atoms with Crippen molar-refractivity contribution in [3.8, 4) is 0 Å². The zero-order valence-electron chi connectivity index (χ0n) is 10.4. The van der Waals surface area contributed by atoms with E-state index in [2.05, 4.69) is 6.58 Å². The lowest BCUT2D eigenvalue weighted by Crippen LogP contribution is -2.35. The van der Waals surface area contributed by atoms with Crippen LogP contribution in [0, 0.1) is 5.92 Å². The molecule has 1 aliphatic heterocycles. The number of ether oxygens (including phenoxy) is 3. The normalized spacial score (nSPS) is 22.2. The molecule has 0 aliphatic carbocycles. The minimum absolute atomic E-state index is 0.129. The van der Waals surface area contributed by atoms with Crippen LogP contribution in [-0.2, 0) is 28.6 Å². The predicted octanol–water partition coefficient (Wildman–Crippen LogP) is 0.600. The van der Waals surface area contributed by atoms with E-state index in [1.54, 1.807) is 0 Å². The number of cyclic esters (lactones) is 1. The molecule has 0 saturated carbocycles. The van der Waals surface area contributed by atoms with Crippen molar-refractivity contribution in [2.24, 2.45) is 5.92 Å². The third-order valence-corrected chi connectivity index (χ3v) is 2.34. The van der Waals surface area contributed by atoms with Crippen molar-refractivity contribution in [2.75, 3.05) is 13.2 Å². The molecule has 0 aromatic carbocycles. The van der Waals surface area contributed by atoms with Gasteiger partial charge in [-0.3, -0.25) is 4.79 Å². The number of rotatable bonds is 5. The number of carbonyl (C=O) groups is 3.